The first kappa shape index (κ1) is 17.9. The lowest BCUT2D eigenvalue weighted by Crippen LogP contribution is -2.51. The van der Waals surface area contributed by atoms with Crippen molar-refractivity contribution in [3.05, 3.63) is 24.3 Å². The zero-order valence-electron chi connectivity index (χ0n) is 14.5. The molecule has 4 N–H and O–H groups in total. The minimum atomic E-state index is -0.526. The van der Waals surface area contributed by atoms with Gasteiger partial charge >= 0.3 is 12.1 Å². The number of carbonyl (C=O) groups excluding carboxylic acids is 2. The van der Waals surface area contributed by atoms with Crippen molar-refractivity contribution in [2.24, 2.45) is 0 Å². The number of likely N-dealkylation sites (tertiary alicyclic amines) is 1. The zero-order chi connectivity index (χ0) is 17.7. The third-order valence-electron chi connectivity index (χ3n) is 3.55. The molecule has 1 fully saturated rings. The van der Waals surface area contributed by atoms with E-state index in [1.165, 1.54) is 0 Å². The quantitative estimate of drug-likeness (QED) is 0.725. The standard InChI is InChI=1S/C17H26N4O3/c1-17(2,3)24-16(23)21-9-5-8-14(11-21)20-15(22)19-13-7-4-6-12(18)10-13/h4,6-7,10,14H,5,8-9,11,18H2,1-3H3,(H2,19,20,22)/t14-/m0/s1. The average Bonchev–Trinajstić information content (AvgIpc) is 2.45. The summed E-state index contributed by atoms with van der Waals surface area (Å²) in [5.74, 6) is 0. The number of anilines is 2. The summed E-state index contributed by atoms with van der Waals surface area (Å²) in [4.78, 5) is 25.9. The molecule has 0 saturated carbocycles. The molecule has 0 aliphatic carbocycles. The van der Waals surface area contributed by atoms with Gasteiger partial charge in [0.25, 0.3) is 0 Å². The van der Waals surface area contributed by atoms with Crippen molar-refractivity contribution < 1.29 is 14.3 Å². The van der Waals surface area contributed by atoms with Crippen molar-refractivity contribution in [3.8, 4) is 0 Å². The number of nitrogen functional groups attached to an aromatic ring is 1. The summed E-state index contributed by atoms with van der Waals surface area (Å²) in [6.45, 7) is 6.60. The van der Waals surface area contributed by atoms with Gasteiger partial charge in [-0.2, -0.15) is 0 Å². The Kier molecular flexibility index (Phi) is 5.54. The summed E-state index contributed by atoms with van der Waals surface area (Å²) in [5, 5.41) is 5.64. The van der Waals surface area contributed by atoms with Crippen molar-refractivity contribution in [1.82, 2.24) is 10.2 Å². The van der Waals surface area contributed by atoms with Crippen LogP contribution in [0.3, 0.4) is 0 Å². The Morgan fingerprint density at radius 1 is 1.33 bits per heavy atom. The highest BCUT2D eigenvalue weighted by Crippen LogP contribution is 2.16. The maximum atomic E-state index is 12.1. The van der Waals surface area contributed by atoms with E-state index in [0.29, 0.717) is 24.5 Å². The first-order chi connectivity index (χ1) is 11.2. The topological polar surface area (TPSA) is 96.7 Å². The van der Waals surface area contributed by atoms with Gasteiger partial charge in [-0.1, -0.05) is 6.07 Å². The monoisotopic (exact) mass is 334 g/mol. The highest BCUT2D eigenvalue weighted by atomic mass is 16.6. The first-order valence-corrected chi connectivity index (χ1v) is 8.14. The van der Waals surface area contributed by atoms with Crippen LogP contribution in [-0.4, -0.2) is 41.8 Å². The summed E-state index contributed by atoms with van der Waals surface area (Å²) in [6, 6.07) is 6.57. The molecule has 1 aromatic rings. The summed E-state index contributed by atoms with van der Waals surface area (Å²) < 4.78 is 5.38. The Morgan fingerprint density at radius 3 is 2.75 bits per heavy atom. The van der Waals surface area contributed by atoms with Crippen molar-refractivity contribution in [2.75, 3.05) is 24.1 Å². The number of carbonyl (C=O) groups is 2. The number of hydrogen-bond donors (Lipinski definition) is 3. The van der Waals surface area contributed by atoms with Crippen LogP contribution in [0.5, 0.6) is 0 Å². The van der Waals surface area contributed by atoms with E-state index < -0.39 is 5.60 Å². The predicted molar refractivity (Wildman–Crippen MR) is 93.8 cm³/mol. The Balaban J connectivity index is 1.86. The fourth-order valence-corrected chi connectivity index (χ4v) is 2.56. The summed E-state index contributed by atoms with van der Waals surface area (Å²) in [6.07, 6.45) is 1.30. The van der Waals surface area contributed by atoms with Crippen molar-refractivity contribution >= 4 is 23.5 Å². The van der Waals surface area contributed by atoms with E-state index >= 15 is 0 Å². The van der Waals surface area contributed by atoms with E-state index in [9.17, 15) is 9.59 Å². The van der Waals surface area contributed by atoms with Crippen molar-refractivity contribution in [1.29, 1.82) is 0 Å². The normalized spacial score (nSPS) is 18.0. The number of nitrogens with two attached hydrogens (primary N) is 1. The van der Waals surface area contributed by atoms with Crippen LogP contribution >= 0.6 is 0 Å². The highest BCUT2D eigenvalue weighted by molar-refractivity contribution is 5.90. The third kappa shape index (κ3) is 5.64. The summed E-state index contributed by atoms with van der Waals surface area (Å²) in [7, 11) is 0. The number of piperidine rings is 1. The molecule has 0 unspecified atom stereocenters. The van der Waals surface area contributed by atoms with Gasteiger partial charge in [0.2, 0.25) is 0 Å². The van der Waals surface area contributed by atoms with Crippen LogP contribution in [-0.2, 0) is 4.74 Å². The first-order valence-electron chi connectivity index (χ1n) is 8.14. The number of ether oxygens (including phenoxy) is 1. The Bertz CT molecular complexity index is 598. The van der Waals surface area contributed by atoms with Crippen LogP contribution in [0.4, 0.5) is 21.0 Å². The molecule has 1 heterocycles. The SMILES string of the molecule is CC(C)(C)OC(=O)N1CCC[C@H](NC(=O)Nc2cccc(N)c2)C1. The number of nitrogens with zero attached hydrogens (tertiary/aromatic N) is 1. The molecule has 0 spiro atoms. The van der Waals surface area contributed by atoms with Crippen LogP contribution in [0.2, 0.25) is 0 Å². The lowest BCUT2D eigenvalue weighted by atomic mass is 10.1. The molecular formula is C17H26N4O3. The van der Waals surface area contributed by atoms with Crippen molar-refractivity contribution in [3.63, 3.8) is 0 Å². The lowest BCUT2D eigenvalue weighted by Gasteiger charge is -2.34. The zero-order valence-corrected chi connectivity index (χ0v) is 14.5. The van der Waals surface area contributed by atoms with Crippen molar-refractivity contribution in [2.45, 2.75) is 45.3 Å². The van der Waals surface area contributed by atoms with Gasteiger partial charge in [-0.05, 0) is 51.8 Å². The number of rotatable bonds is 2. The van der Waals surface area contributed by atoms with E-state index in [1.54, 1.807) is 29.2 Å². The molecule has 1 atom stereocenters. The van der Waals surface area contributed by atoms with Crippen LogP contribution in [0.15, 0.2) is 24.3 Å². The van der Waals surface area contributed by atoms with Gasteiger partial charge in [0, 0.05) is 30.5 Å². The molecule has 24 heavy (non-hydrogen) atoms. The Labute approximate surface area is 142 Å². The maximum Gasteiger partial charge on any atom is 0.410 e. The number of amides is 3. The molecule has 0 bridgehead atoms. The van der Waals surface area contributed by atoms with Gasteiger partial charge in [-0.15, -0.1) is 0 Å². The van der Waals surface area contributed by atoms with Gasteiger partial charge in [0.1, 0.15) is 5.60 Å². The lowest BCUT2D eigenvalue weighted by molar-refractivity contribution is 0.0191. The molecule has 7 nitrogen and oxygen atoms in total. The van der Waals surface area contributed by atoms with E-state index in [-0.39, 0.29) is 18.2 Å². The second-order valence-corrected chi connectivity index (χ2v) is 6.99. The van der Waals surface area contributed by atoms with Crippen LogP contribution in [0.25, 0.3) is 0 Å². The van der Waals surface area contributed by atoms with E-state index in [0.717, 1.165) is 12.8 Å². The summed E-state index contributed by atoms with van der Waals surface area (Å²) in [5.41, 5.74) is 6.38. The van der Waals surface area contributed by atoms with E-state index in [1.807, 2.05) is 20.8 Å². The number of hydrogen-bond acceptors (Lipinski definition) is 4. The second kappa shape index (κ2) is 7.42. The highest BCUT2D eigenvalue weighted by Gasteiger charge is 2.28. The number of urea groups is 1. The van der Waals surface area contributed by atoms with E-state index in [4.69, 9.17) is 10.5 Å². The molecule has 0 radical (unpaired) electrons. The molecule has 132 valence electrons. The number of benzene rings is 1. The molecule has 1 aromatic carbocycles. The molecule has 7 heteroatoms. The van der Waals surface area contributed by atoms with Crippen LogP contribution in [0, 0.1) is 0 Å². The molecule has 1 saturated heterocycles. The average molecular weight is 334 g/mol. The molecule has 1 aliphatic rings. The molecule has 1 aliphatic heterocycles. The molecule has 0 aromatic heterocycles. The third-order valence-corrected chi connectivity index (χ3v) is 3.55. The van der Waals surface area contributed by atoms with Gasteiger partial charge in [-0.25, -0.2) is 9.59 Å². The predicted octanol–water partition coefficient (Wildman–Crippen LogP) is 2.79. The molecular weight excluding hydrogens is 308 g/mol. The van der Waals surface area contributed by atoms with Gasteiger partial charge < -0.3 is 26.0 Å². The fraction of sp³-hybridized carbons (Fsp3) is 0.529. The minimum absolute atomic E-state index is 0.104. The fourth-order valence-electron chi connectivity index (χ4n) is 2.56. The molecule has 2 rings (SSSR count). The van der Waals surface area contributed by atoms with Crippen LogP contribution < -0.4 is 16.4 Å². The Morgan fingerprint density at radius 2 is 2.08 bits per heavy atom. The largest absolute Gasteiger partial charge is 0.444 e. The maximum absolute atomic E-state index is 12.1. The van der Waals surface area contributed by atoms with Gasteiger partial charge in [0.05, 0.1) is 0 Å². The second-order valence-electron chi connectivity index (χ2n) is 6.99. The van der Waals surface area contributed by atoms with Gasteiger partial charge in [-0.3, -0.25) is 0 Å². The summed E-state index contributed by atoms with van der Waals surface area (Å²) >= 11 is 0. The van der Waals surface area contributed by atoms with Crippen LogP contribution in [0.1, 0.15) is 33.6 Å². The number of nitrogens with one attached hydrogen (secondary N) is 2. The minimum Gasteiger partial charge on any atom is -0.444 e. The smallest absolute Gasteiger partial charge is 0.410 e. The Hall–Kier alpha value is -2.44. The van der Waals surface area contributed by atoms with Gasteiger partial charge in [0.15, 0.2) is 0 Å². The molecule has 3 amide bonds. The van der Waals surface area contributed by atoms with E-state index in [2.05, 4.69) is 10.6 Å².